The molecule has 36 heavy (non-hydrogen) atoms. The quantitative estimate of drug-likeness (QED) is 0.442. The van der Waals surface area contributed by atoms with Gasteiger partial charge in [0.15, 0.2) is 11.1 Å². The fourth-order valence-corrected chi connectivity index (χ4v) is 5.66. The molecule has 4 rings (SSSR count). The monoisotopic (exact) mass is 507 g/mol. The molecule has 3 aromatic carbocycles. The Bertz CT molecular complexity index is 1360. The molecule has 1 amide bonds. The minimum atomic E-state index is -4.13. The Morgan fingerprint density at radius 1 is 0.917 bits per heavy atom. The summed E-state index contributed by atoms with van der Waals surface area (Å²) in [5.41, 5.74) is 1.73. The number of hydrogen-bond acceptors (Lipinski definition) is 6. The van der Waals surface area contributed by atoms with E-state index in [2.05, 4.69) is 0 Å². The van der Waals surface area contributed by atoms with Crippen molar-refractivity contribution in [2.75, 3.05) is 6.79 Å². The summed E-state index contributed by atoms with van der Waals surface area (Å²) < 4.78 is 38.5. The van der Waals surface area contributed by atoms with Gasteiger partial charge in [-0.2, -0.15) is 0 Å². The molecule has 1 aliphatic rings. The van der Waals surface area contributed by atoms with Crippen molar-refractivity contribution in [3.63, 3.8) is 0 Å². The third-order valence-corrected chi connectivity index (χ3v) is 7.64. The van der Waals surface area contributed by atoms with Gasteiger partial charge in [0, 0.05) is 18.5 Å². The summed E-state index contributed by atoms with van der Waals surface area (Å²) in [6, 6.07) is 23.4. The lowest BCUT2D eigenvalue weighted by molar-refractivity contribution is -0.136. The molecular weight excluding hydrogens is 482 g/mol. The highest BCUT2D eigenvalue weighted by Crippen LogP contribution is 2.30. The number of amides is 1. The van der Waals surface area contributed by atoms with Gasteiger partial charge in [0.1, 0.15) is 6.26 Å². The third kappa shape index (κ3) is 5.75. The molecule has 1 N–H and O–H groups in total. The van der Waals surface area contributed by atoms with Crippen LogP contribution in [0.5, 0.6) is 0 Å². The Morgan fingerprint density at radius 2 is 1.58 bits per heavy atom. The topological polar surface area (TPSA) is 110 Å². The van der Waals surface area contributed by atoms with Crippen molar-refractivity contribution in [1.82, 2.24) is 4.90 Å². The Hall–Kier alpha value is -4.11. The Labute approximate surface area is 209 Å². The lowest BCUT2D eigenvalue weighted by atomic mass is 10.1. The molecule has 0 radical (unpaired) electrons. The van der Waals surface area contributed by atoms with Crippen molar-refractivity contribution < 1.29 is 32.6 Å². The van der Waals surface area contributed by atoms with Crippen LogP contribution in [0.15, 0.2) is 102 Å². The molecular formula is C27H25NO7S. The smallest absolute Gasteiger partial charge is 0.303 e. The van der Waals surface area contributed by atoms with Crippen LogP contribution < -0.4 is 0 Å². The first kappa shape index (κ1) is 25.0. The van der Waals surface area contributed by atoms with Crippen LogP contribution in [0.25, 0.3) is 0 Å². The van der Waals surface area contributed by atoms with Crippen molar-refractivity contribution in [3.8, 4) is 0 Å². The van der Waals surface area contributed by atoms with E-state index in [-0.39, 0.29) is 30.4 Å². The summed E-state index contributed by atoms with van der Waals surface area (Å²) in [7, 11) is -4.13. The molecule has 9 heteroatoms. The van der Waals surface area contributed by atoms with Crippen molar-refractivity contribution in [2.45, 2.75) is 29.7 Å². The minimum Gasteiger partial charge on any atom is -0.481 e. The maximum Gasteiger partial charge on any atom is 0.303 e. The van der Waals surface area contributed by atoms with Gasteiger partial charge in [-0.25, -0.2) is 8.42 Å². The van der Waals surface area contributed by atoms with Gasteiger partial charge in [-0.15, -0.1) is 0 Å². The predicted molar refractivity (Wildman–Crippen MR) is 131 cm³/mol. The van der Waals surface area contributed by atoms with Crippen LogP contribution in [-0.4, -0.2) is 42.5 Å². The van der Waals surface area contributed by atoms with Gasteiger partial charge in [0.25, 0.3) is 5.91 Å². The standard InChI is InChI=1S/C27H25NO7S/c29-25(30)15-14-20-8-7-9-21(16-20)17-28(26(31)22-10-3-1-4-11-22)27(24-18-34-19-35-24)36(32,33)23-12-5-2-6-13-23/h1-13,16,18,27H,14-15,17,19H2,(H,29,30). The summed E-state index contributed by atoms with van der Waals surface area (Å²) >= 11 is 0. The molecule has 1 atom stereocenters. The highest BCUT2D eigenvalue weighted by molar-refractivity contribution is 7.92. The zero-order chi connectivity index (χ0) is 25.5. The Balaban J connectivity index is 1.79. The van der Waals surface area contributed by atoms with Crippen LogP contribution in [0.2, 0.25) is 0 Å². The average molecular weight is 508 g/mol. The molecule has 0 spiro atoms. The normalized spacial score (nSPS) is 13.7. The predicted octanol–water partition coefficient (Wildman–Crippen LogP) is 3.99. The number of rotatable bonds is 10. The fourth-order valence-electron chi connectivity index (χ4n) is 3.93. The summed E-state index contributed by atoms with van der Waals surface area (Å²) in [4.78, 5) is 26.1. The van der Waals surface area contributed by atoms with Crippen LogP contribution in [0.1, 0.15) is 27.9 Å². The lowest BCUT2D eigenvalue weighted by Gasteiger charge is -2.31. The van der Waals surface area contributed by atoms with Gasteiger partial charge < -0.3 is 19.5 Å². The fraction of sp³-hybridized carbons (Fsp3) is 0.185. The van der Waals surface area contributed by atoms with Gasteiger partial charge in [0.2, 0.25) is 16.6 Å². The van der Waals surface area contributed by atoms with Gasteiger partial charge in [-0.1, -0.05) is 60.7 Å². The molecule has 0 fully saturated rings. The SMILES string of the molecule is O=C(O)CCc1cccc(CN(C(=O)c2ccccc2)C(C2=COCO2)S(=O)(=O)c2ccccc2)c1. The number of carboxylic acid groups (broad SMARTS) is 1. The number of carbonyl (C=O) groups excluding carboxylic acids is 1. The third-order valence-electron chi connectivity index (χ3n) is 5.64. The first-order valence-electron chi connectivity index (χ1n) is 11.3. The first-order valence-corrected chi connectivity index (χ1v) is 12.8. The molecule has 0 saturated heterocycles. The van der Waals surface area contributed by atoms with Gasteiger partial charge >= 0.3 is 5.97 Å². The van der Waals surface area contributed by atoms with E-state index >= 15 is 0 Å². The lowest BCUT2D eigenvalue weighted by Crippen LogP contribution is -2.46. The van der Waals surface area contributed by atoms with Crippen LogP contribution in [0, 0.1) is 0 Å². The number of aliphatic carboxylic acids is 1. The molecule has 8 nitrogen and oxygen atoms in total. The Kier molecular flexibility index (Phi) is 7.70. The number of carbonyl (C=O) groups is 2. The number of nitrogens with zero attached hydrogens (tertiary/aromatic N) is 1. The van der Waals surface area contributed by atoms with Crippen molar-refractivity contribution in [3.05, 3.63) is 114 Å². The molecule has 0 aromatic heterocycles. The summed E-state index contributed by atoms with van der Waals surface area (Å²) in [5.74, 6) is -1.42. The van der Waals surface area contributed by atoms with E-state index in [1.165, 1.54) is 23.3 Å². The number of carboxylic acids is 1. The first-order chi connectivity index (χ1) is 17.4. The van der Waals surface area contributed by atoms with E-state index in [4.69, 9.17) is 14.6 Å². The number of ether oxygens (including phenoxy) is 2. The van der Waals surface area contributed by atoms with Crippen LogP contribution in [0.4, 0.5) is 0 Å². The number of sulfone groups is 1. The summed E-state index contributed by atoms with van der Waals surface area (Å²) in [6.45, 7) is -0.222. The molecule has 0 aliphatic carbocycles. The highest BCUT2D eigenvalue weighted by atomic mass is 32.2. The maximum absolute atomic E-state index is 13.9. The van der Waals surface area contributed by atoms with E-state index in [1.54, 1.807) is 72.8 Å². The number of aryl methyl sites for hydroxylation is 1. The van der Waals surface area contributed by atoms with Crippen molar-refractivity contribution in [2.24, 2.45) is 0 Å². The minimum absolute atomic E-state index is 0.00478. The van der Waals surface area contributed by atoms with Gasteiger partial charge in [-0.05, 0) is 41.8 Å². The average Bonchev–Trinajstić information content (AvgIpc) is 3.42. The molecule has 3 aromatic rings. The summed E-state index contributed by atoms with van der Waals surface area (Å²) in [6.07, 6.45) is 1.49. The molecule has 1 heterocycles. The Morgan fingerprint density at radius 3 is 2.22 bits per heavy atom. The second-order valence-corrected chi connectivity index (χ2v) is 10.2. The van der Waals surface area contributed by atoms with Crippen LogP contribution >= 0.6 is 0 Å². The maximum atomic E-state index is 13.9. The number of benzene rings is 3. The second-order valence-electron chi connectivity index (χ2n) is 8.17. The van der Waals surface area contributed by atoms with E-state index in [9.17, 15) is 18.0 Å². The molecule has 1 aliphatic heterocycles. The van der Waals surface area contributed by atoms with Gasteiger partial charge in [-0.3, -0.25) is 9.59 Å². The van der Waals surface area contributed by atoms with E-state index < -0.39 is 27.1 Å². The summed E-state index contributed by atoms with van der Waals surface area (Å²) in [5, 5.41) is 7.54. The van der Waals surface area contributed by atoms with Gasteiger partial charge in [0.05, 0.1) is 4.90 Å². The second kappa shape index (κ2) is 11.1. The largest absolute Gasteiger partial charge is 0.481 e. The highest BCUT2D eigenvalue weighted by Gasteiger charge is 2.42. The molecule has 1 unspecified atom stereocenters. The van der Waals surface area contributed by atoms with Crippen LogP contribution in [0.3, 0.4) is 0 Å². The van der Waals surface area contributed by atoms with Crippen LogP contribution in [-0.2, 0) is 37.1 Å². The molecule has 186 valence electrons. The van der Waals surface area contributed by atoms with E-state index in [0.717, 1.165) is 5.56 Å². The van der Waals surface area contributed by atoms with Crippen molar-refractivity contribution in [1.29, 1.82) is 0 Å². The number of hydrogen-bond donors (Lipinski definition) is 1. The zero-order valence-electron chi connectivity index (χ0n) is 19.3. The molecule has 0 saturated carbocycles. The zero-order valence-corrected chi connectivity index (χ0v) is 20.1. The molecule has 0 bridgehead atoms. The van der Waals surface area contributed by atoms with Crippen molar-refractivity contribution >= 4 is 21.7 Å². The van der Waals surface area contributed by atoms with E-state index in [0.29, 0.717) is 17.5 Å². The van der Waals surface area contributed by atoms with E-state index in [1.807, 2.05) is 0 Å².